The SMILES string of the molecule is CC(C)=CCC[C@H](C)NC[C@@H]1CCCN(C)C1. The lowest BCUT2D eigenvalue weighted by atomic mass is 9.98. The minimum Gasteiger partial charge on any atom is -0.314 e. The van der Waals surface area contributed by atoms with Crippen molar-refractivity contribution in [3.63, 3.8) is 0 Å². The van der Waals surface area contributed by atoms with Crippen LogP contribution in [0.5, 0.6) is 0 Å². The first-order chi connectivity index (χ1) is 8.08. The number of likely N-dealkylation sites (tertiary alicyclic amines) is 1. The lowest BCUT2D eigenvalue weighted by Gasteiger charge is -2.30. The molecule has 2 heteroatoms. The number of nitrogens with zero attached hydrogens (tertiary/aromatic N) is 1. The number of allylic oxidation sites excluding steroid dienone is 2. The number of piperidine rings is 1. The van der Waals surface area contributed by atoms with E-state index in [0.29, 0.717) is 6.04 Å². The van der Waals surface area contributed by atoms with E-state index in [1.807, 2.05) is 0 Å². The van der Waals surface area contributed by atoms with Gasteiger partial charge in [-0.1, -0.05) is 11.6 Å². The molecule has 2 atom stereocenters. The van der Waals surface area contributed by atoms with Gasteiger partial charge in [0.2, 0.25) is 0 Å². The molecule has 0 spiro atoms. The summed E-state index contributed by atoms with van der Waals surface area (Å²) in [4.78, 5) is 2.46. The molecule has 1 aliphatic rings. The van der Waals surface area contributed by atoms with E-state index in [2.05, 4.69) is 44.1 Å². The first kappa shape index (κ1) is 14.7. The van der Waals surface area contributed by atoms with Crippen molar-refractivity contribution in [3.05, 3.63) is 11.6 Å². The average molecular weight is 238 g/mol. The molecule has 0 amide bonds. The molecule has 0 saturated carbocycles. The van der Waals surface area contributed by atoms with Crippen LogP contribution in [-0.2, 0) is 0 Å². The molecule has 1 heterocycles. The van der Waals surface area contributed by atoms with Gasteiger partial charge in [-0.05, 0) is 72.5 Å². The third-order valence-electron chi connectivity index (χ3n) is 3.63. The van der Waals surface area contributed by atoms with Crippen LogP contribution in [-0.4, -0.2) is 37.6 Å². The lowest BCUT2D eigenvalue weighted by Crippen LogP contribution is -2.39. The van der Waals surface area contributed by atoms with Gasteiger partial charge in [0.15, 0.2) is 0 Å². The Kier molecular flexibility index (Phi) is 6.83. The Bertz CT molecular complexity index is 231. The molecule has 1 saturated heterocycles. The highest BCUT2D eigenvalue weighted by molar-refractivity contribution is 4.93. The first-order valence-corrected chi connectivity index (χ1v) is 7.13. The topological polar surface area (TPSA) is 15.3 Å². The Morgan fingerprint density at radius 1 is 1.47 bits per heavy atom. The maximum Gasteiger partial charge on any atom is 0.00418 e. The number of hydrogen-bond acceptors (Lipinski definition) is 2. The van der Waals surface area contributed by atoms with Crippen LogP contribution in [0.1, 0.15) is 46.5 Å². The van der Waals surface area contributed by atoms with Crippen LogP contribution in [0, 0.1) is 5.92 Å². The smallest absolute Gasteiger partial charge is 0.00418 e. The van der Waals surface area contributed by atoms with Crippen LogP contribution in [0.2, 0.25) is 0 Å². The van der Waals surface area contributed by atoms with Gasteiger partial charge >= 0.3 is 0 Å². The van der Waals surface area contributed by atoms with Crippen molar-refractivity contribution in [2.45, 2.75) is 52.5 Å². The molecule has 0 aliphatic carbocycles. The van der Waals surface area contributed by atoms with E-state index in [1.54, 1.807) is 0 Å². The summed E-state index contributed by atoms with van der Waals surface area (Å²) in [5, 5.41) is 3.69. The van der Waals surface area contributed by atoms with Gasteiger partial charge in [0, 0.05) is 12.6 Å². The van der Waals surface area contributed by atoms with Crippen molar-refractivity contribution >= 4 is 0 Å². The van der Waals surface area contributed by atoms with Gasteiger partial charge in [0.05, 0.1) is 0 Å². The Morgan fingerprint density at radius 3 is 2.88 bits per heavy atom. The highest BCUT2D eigenvalue weighted by atomic mass is 15.1. The van der Waals surface area contributed by atoms with E-state index in [4.69, 9.17) is 0 Å². The van der Waals surface area contributed by atoms with E-state index in [-0.39, 0.29) is 0 Å². The van der Waals surface area contributed by atoms with Gasteiger partial charge in [-0.15, -0.1) is 0 Å². The van der Waals surface area contributed by atoms with E-state index in [9.17, 15) is 0 Å². The van der Waals surface area contributed by atoms with Crippen molar-refractivity contribution < 1.29 is 0 Å². The predicted octanol–water partition coefficient (Wildman–Crippen LogP) is 3.05. The standard InChI is InChI=1S/C15H30N2/c1-13(2)7-5-8-14(3)16-11-15-9-6-10-17(4)12-15/h7,14-16H,5-6,8-12H2,1-4H3/t14-,15-/m0/s1. The van der Waals surface area contributed by atoms with Crippen LogP contribution in [0.15, 0.2) is 11.6 Å². The zero-order valence-corrected chi connectivity index (χ0v) is 12.1. The summed E-state index contributed by atoms with van der Waals surface area (Å²) in [5.74, 6) is 0.861. The van der Waals surface area contributed by atoms with Gasteiger partial charge in [-0.2, -0.15) is 0 Å². The fourth-order valence-electron chi connectivity index (χ4n) is 2.53. The molecular weight excluding hydrogens is 208 g/mol. The van der Waals surface area contributed by atoms with E-state index < -0.39 is 0 Å². The molecule has 0 aromatic heterocycles. The normalized spacial score (nSPS) is 23.4. The Hall–Kier alpha value is -0.340. The van der Waals surface area contributed by atoms with Crippen LogP contribution in [0.25, 0.3) is 0 Å². The molecule has 0 aromatic rings. The third-order valence-corrected chi connectivity index (χ3v) is 3.63. The molecule has 1 rings (SSSR count). The lowest BCUT2D eigenvalue weighted by molar-refractivity contribution is 0.203. The summed E-state index contributed by atoms with van der Waals surface area (Å²) in [6.07, 6.45) is 7.58. The third kappa shape index (κ3) is 6.85. The number of hydrogen-bond donors (Lipinski definition) is 1. The second kappa shape index (κ2) is 7.88. The summed E-state index contributed by atoms with van der Waals surface area (Å²) >= 11 is 0. The van der Waals surface area contributed by atoms with Crippen LogP contribution in [0.4, 0.5) is 0 Å². The highest BCUT2D eigenvalue weighted by Gasteiger charge is 2.17. The fourth-order valence-corrected chi connectivity index (χ4v) is 2.53. The molecule has 0 aromatic carbocycles. The maximum absolute atomic E-state index is 3.69. The summed E-state index contributed by atoms with van der Waals surface area (Å²) in [7, 11) is 2.24. The highest BCUT2D eigenvalue weighted by Crippen LogP contribution is 2.14. The van der Waals surface area contributed by atoms with E-state index in [1.165, 1.54) is 50.9 Å². The minimum absolute atomic E-state index is 0.651. The molecule has 0 unspecified atom stereocenters. The first-order valence-electron chi connectivity index (χ1n) is 7.13. The monoisotopic (exact) mass is 238 g/mol. The van der Waals surface area contributed by atoms with Crippen LogP contribution < -0.4 is 5.32 Å². The fraction of sp³-hybridized carbons (Fsp3) is 0.867. The quantitative estimate of drug-likeness (QED) is 0.716. The van der Waals surface area contributed by atoms with Gasteiger partial charge in [-0.3, -0.25) is 0 Å². The summed E-state index contributed by atoms with van der Waals surface area (Å²) in [6, 6.07) is 0.651. The van der Waals surface area contributed by atoms with E-state index >= 15 is 0 Å². The van der Waals surface area contributed by atoms with Gasteiger partial charge < -0.3 is 10.2 Å². The summed E-state index contributed by atoms with van der Waals surface area (Å²) in [6.45, 7) is 10.4. The second-order valence-corrected chi connectivity index (χ2v) is 5.94. The molecule has 100 valence electrons. The molecule has 0 radical (unpaired) electrons. The Morgan fingerprint density at radius 2 is 2.24 bits per heavy atom. The Balaban J connectivity index is 2.10. The van der Waals surface area contributed by atoms with E-state index in [0.717, 1.165) is 5.92 Å². The largest absolute Gasteiger partial charge is 0.314 e. The van der Waals surface area contributed by atoms with Gasteiger partial charge in [0.1, 0.15) is 0 Å². The molecule has 1 N–H and O–H groups in total. The molecular formula is C15H30N2. The van der Waals surface area contributed by atoms with Crippen molar-refractivity contribution in [1.82, 2.24) is 10.2 Å². The maximum atomic E-state index is 3.69. The Labute approximate surface area is 107 Å². The average Bonchev–Trinajstić information content (AvgIpc) is 2.26. The van der Waals surface area contributed by atoms with Crippen molar-refractivity contribution in [2.75, 3.05) is 26.7 Å². The minimum atomic E-state index is 0.651. The zero-order chi connectivity index (χ0) is 12.7. The molecule has 17 heavy (non-hydrogen) atoms. The van der Waals surface area contributed by atoms with Crippen molar-refractivity contribution in [3.8, 4) is 0 Å². The predicted molar refractivity (Wildman–Crippen MR) is 76.4 cm³/mol. The van der Waals surface area contributed by atoms with Crippen LogP contribution in [0.3, 0.4) is 0 Å². The number of nitrogens with one attached hydrogen (secondary N) is 1. The van der Waals surface area contributed by atoms with Crippen molar-refractivity contribution in [1.29, 1.82) is 0 Å². The van der Waals surface area contributed by atoms with Crippen molar-refractivity contribution in [2.24, 2.45) is 5.92 Å². The summed E-state index contributed by atoms with van der Waals surface area (Å²) in [5.41, 5.74) is 1.44. The molecule has 1 aliphatic heterocycles. The zero-order valence-electron chi connectivity index (χ0n) is 12.1. The molecule has 1 fully saturated rings. The summed E-state index contributed by atoms with van der Waals surface area (Å²) < 4.78 is 0. The van der Waals surface area contributed by atoms with Gasteiger partial charge in [-0.25, -0.2) is 0 Å². The molecule has 2 nitrogen and oxygen atoms in total. The van der Waals surface area contributed by atoms with Gasteiger partial charge in [0.25, 0.3) is 0 Å². The number of rotatable bonds is 6. The van der Waals surface area contributed by atoms with Crippen LogP contribution >= 0.6 is 0 Å². The molecule has 0 bridgehead atoms. The second-order valence-electron chi connectivity index (χ2n) is 5.94.